The van der Waals surface area contributed by atoms with E-state index in [-0.39, 0.29) is 21.7 Å². The average Bonchev–Trinajstić information content (AvgIpc) is 2.71. The minimum atomic E-state index is -4.04. The normalized spacial score (nSPS) is 11.2. The number of anilines is 1. The molecule has 0 aliphatic rings. The predicted octanol–water partition coefficient (Wildman–Crippen LogP) is 2.96. The summed E-state index contributed by atoms with van der Waals surface area (Å²) in [6.45, 7) is 3.88. The lowest BCUT2D eigenvalue weighted by Gasteiger charge is -2.08. The molecule has 0 spiro atoms. The summed E-state index contributed by atoms with van der Waals surface area (Å²) in [6.07, 6.45) is 1.00. The van der Waals surface area contributed by atoms with Crippen molar-refractivity contribution in [1.82, 2.24) is 9.97 Å². The first-order valence-electron chi connectivity index (χ1n) is 9.18. The lowest BCUT2D eigenvalue weighted by molar-refractivity contribution is -0.113. The van der Waals surface area contributed by atoms with Gasteiger partial charge in [0.15, 0.2) is 10.1 Å². The van der Waals surface area contributed by atoms with Gasteiger partial charge < -0.3 is 15.0 Å². The molecule has 3 rings (SSSR count). The zero-order valence-corrected chi connectivity index (χ0v) is 18.8. The molecule has 0 saturated carbocycles. The third-order valence-corrected chi connectivity index (χ3v) is 6.90. The molecule has 31 heavy (non-hydrogen) atoms. The van der Waals surface area contributed by atoms with Crippen LogP contribution in [0.25, 0.3) is 0 Å². The number of benzene rings is 2. The van der Waals surface area contributed by atoms with Gasteiger partial charge in [0.05, 0.1) is 24.0 Å². The van der Waals surface area contributed by atoms with E-state index >= 15 is 0 Å². The van der Waals surface area contributed by atoms with Gasteiger partial charge in [-0.1, -0.05) is 17.8 Å². The molecule has 1 heterocycles. The first-order valence-corrected chi connectivity index (χ1v) is 11.7. The predicted molar refractivity (Wildman–Crippen MR) is 119 cm³/mol. The lowest BCUT2D eigenvalue weighted by atomic mass is 10.1. The van der Waals surface area contributed by atoms with Gasteiger partial charge in [-0.05, 0) is 61.4 Å². The molecule has 8 nitrogen and oxygen atoms in total. The van der Waals surface area contributed by atoms with E-state index in [1.54, 1.807) is 0 Å². The smallest absolute Gasteiger partial charge is 0.270 e. The van der Waals surface area contributed by atoms with E-state index in [9.17, 15) is 18.0 Å². The Labute approximate surface area is 184 Å². The Kier molecular flexibility index (Phi) is 6.81. The van der Waals surface area contributed by atoms with Crippen molar-refractivity contribution in [3.63, 3.8) is 0 Å². The molecule has 1 aromatic heterocycles. The van der Waals surface area contributed by atoms with Crippen LogP contribution in [-0.2, 0) is 14.6 Å². The van der Waals surface area contributed by atoms with Crippen LogP contribution in [0.3, 0.4) is 0 Å². The van der Waals surface area contributed by atoms with Gasteiger partial charge in [-0.2, -0.15) is 0 Å². The molecular formula is C21H21N3O5S2. The largest absolute Gasteiger partial charge is 0.497 e. The molecule has 3 aromatic rings. The molecule has 0 atom stereocenters. The summed E-state index contributed by atoms with van der Waals surface area (Å²) < 4.78 is 30.4. The second kappa shape index (κ2) is 9.36. The van der Waals surface area contributed by atoms with E-state index in [2.05, 4.69) is 15.3 Å². The average molecular weight is 460 g/mol. The minimum absolute atomic E-state index is 0.000502. The van der Waals surface area contributed by atoms with Crippen molar-refractivity contribution >= 4 is 33.2 Å². The Bertz CT molecular complexity index is 1250. The van der Waals surface area contributed by atoms with Gasteiger partial charge >= 0.3 is 0 Å². The van der Waals surface area contributed by atoms with E-state index < -0.39 is 20.3 Å². The molecule has 0 unspecified atom stereocenters. The minimum Gasteiger partial charge on any atom is -0.497 e. The molecule has 0 radical (unpaired) electrons. The third-order valence-electron chi connectivity index (χ3n) is 4.25. The van der Waals surface area contributed by atoms with Crippen LogP contribution in [-0.4, -0.2) is 37.2 Å². The highest BCUT2D eigenvalue weighted by Gasteiger charge is 2.22. The van der Waals surface area contributed by atoms with Crippen LogP contribution in [0.1, 0.15) is 11.1 Å². The second-order valence-corrected chi connectivity index (χ2v) is 9.66. The Morgan fingerprint density at radius 1 is 1.13 bits per heavy atom. The summed E-state index contributed by atoms with van der Waals surface area (Å²) in [5.41, 5.74) is 1.94. The van der Waals surface area contributed by atoms with Crippen LogP contribution in [0.15, 0.2) is 68.4 Å². The number of sulfone groups is 1. The fraction of sp³-hybridized carbons (Fsp3) is 0.190. The van der Waals surface area contributed by atoms with Gasteiger partial charge in [0.1, 0.15) is 5.75 Å². The van der Waals surface area contributed by atoms with Gasteiger partial charge in [0, 0.05) is 5.69 Å². The van der Waals surface area contributed by atoms with Crippen molar-refractivity contribution in [3.8, 4) is 5.75 Å². The van der Waals surface area contributed by atoms with Crippen molar-refractivity contribution in [2.45, 2.75) is 28.8 Å². The summed E-state index contributed by atoms with van der Waals surface area (Å²) in [5, 5.41) is 2.94. The summed E-state index contributed by atoms with van der Waals surface area (Å²) in [4.78, 5) is 30.5. The number of nitrogens with zero attached hydrogens (tertiary/aromatic N) is 1. The number of aromatic amines is 1. The van der Waals surface area contributed by atoms with E-state index in [4.69, 9.17) is 4.74 Å². The number of nitrogens with one attached hydrogen (secondary N) is 2. The van der Waals surface area contributed by atoms with Crippen molar-refractivity contribution in [2.24, 2.45) is 0 Å². The number of rotatable bonds is 7. The van der Waals surface area contributed by atoms with Gasteiger partial charge in [0.2, 0.25) is 15.7 Å². The number of aryl methyl sites for hydroxylation is 2. The molecule has 0 fully saturated rings. The number of methoxy groups -OCH3 is 1. The summed E-state index contributed by atoms with van der Waals surface area (Å²) in [6, 6.07) is 11.4. The summed E-state index contributed by atoms with van der Waals surface area (Å²) in [5.74, 6) is 0.227. The van der Waals surface area contributed by atoms with Gasteiger partial charge in [-0.25, -0.2) is 13.4 Å². The lowest BCUT2D eigenvalue weighted by Crippen LogP contribution is -2.20. The number of ether oxygens (including phenoxy) is 1. The van der Waals surface area contributed by atoms with Crippen LogP contribution >= 0.6 is 11.8 Å². The van der Waals surface area contributed by atoms with Crippen molar-refractivity contribution in [3.05, 3.63) is 70.1 Å². The van der Waals surface area contributed by atoms with Gasteiger partial charge in [0.25, 0.3) is 5.56 Å². The number of thioether (sulfide) groups is 1. The zero-order chi connectivity index (χ0) is 22.6. The Hall–Kier alpha value is -3.11. The maximum absolute atomic E-state index is 12.7. The van der Waals surface area contributed by atoms with Crippen molar-refractivity contribution < 1.29 is 17.9 Å². The molecule has 0 bridgehead atoms. The molecule has 1 amide bonds. The first-order chi connectivity index (χ1) is 14.7. The number of carbonyl (C=O) groups excluding carboxylic acids is 1. The molecular weight excluding hydrogens is 438 g/mol. The quantitative estimate of drug-likeness (QED) is 0.412. The Morgan fingerprint density at radius 2 is 1.77 bits per heavy atom. The van der Waals surface area contributed by atoms with Crippen molar-refractivity contribution in [2.75, 3.05) is 18.2 Å². The summed E-state index contributed by atoms with van der Waals surface area (Å²) >= 11 is 1.00. The van der Waals surface area contributed by atoms with Crippen LogP contribution in [0.4, 0.5) is 5.69 Å². The fourth-order valence-electron chi connectivity index (χ4n) is 2.89. The molecule has 0 saturated heterocycles. The first kappa shape index (κ1) is 22.6. The van der Waals surface area contributed by atoms with Gasteiger partial charge in [-0.3, -0.25) is 9.59 Å². The second-order valence-electron chi connectivity index (χ2n) is 6.77. The molecule has 0 aliphatic heterocycles. The monoisotopic (exact) mass is 459 g/mol. The highest BCUT2D eigenvalue weighted by molar-refractivity contribution is 7.99. The molecule has 2 N–H and O–H groups in total. The van der Waals surface area contributed by atoms with E-state index in [1.807, 2.05) is 32.0 Å². The van der Waals surface area contributed by atoms with Crippen molar-refractivity contribution in [1.29, 1.82) is 0 Å². The number of hydrogen-bond donors (Lipinski definition) is 2. The van der Waals surface area contributed by atoms with Gasteiger partial charge in [-0.15, -0.1) is 0 Å². The van der Waals surface area contributed by atoms with Crippen LogP contribution in [0, 0.1) is 13.8 Å². The number of aromatic nitrogens is 2. The number of amides is 1. The zero-order valence-electron chi connectivity index (χ0n) is 17.1. The highest BCUT2D eigenvalue weighted by atomic mass is 32.2. The van der Waals surface area contributed by atoms with E-state index in [0.29, 0.717) is 11.4 Å². The Balaban J connectivity index is 1.70. The molecule has 162 valence electrons. The SMILES string of the molecule is COc1ccc(S(=O)(=O)c2cnc(SCC(=O)Nc3cc(C)cc(C)c3)[nH]c2=O)cc1. The molecule has 10 heteroatoms. The number of carbonyl (C=O) groups is 1. The Morgan fingerprint density at radius 3 is 2.35 bits per heavy atom. The maximum atomic E-state index is 12.7. The topological polar surface area (TPSA) is 118 Å². The fourth-order valence-corrected chi connectivity index (χ4v) is 4.76. The van der Waals surface area contributed by atoms with Crippen LogP contribution < -0.4 is 15.6 Å². The van der Waals surface area contributed by atoms with Crippen LogP contribution in [0.5, 0.6) is 5.75 Å². The van der Waals surface area contributed by atoms with Crippen LogP contribution in [0.2, 0.25) is 0 Å². The standard InChI is InChI=1S/C21H21N3O5S2/c1-13-8-14(2)10-15(9-13)23-19(25)12-30-21-22-11-18(20(26)24-21)31(27,28)17-6-4-16(29-3)5-7-17/h4-11H,12H2,1-3H3,(H,23,25)(H,22,24,26). The molecule has 2 aromatic carbocycles. The highest BCUT2D eigenvalue weighted by Crippen LogP contribution is 2.21. The molecule has 0 aliphatic carbocycles. The summed E-state index contributed by atoms with van der Waals surface area (Å²) in [7, 11) is -2.57. The van der Waals surface area contributed by atoms with E-state index in [1.165, 1.54) is 31.4 Å². The number of H-pyrrole nitrogens is 1. The third kappa shape index (κ3) is 5.53. The maximum Gasteiger partial charge on any atom is 0.270 e. The number of hydrogen-bond acceptors (Lipinski definition) is 7. The van der Waals surface area contributed by atoms with E-state index in [0.717, 1.165) is 29.1 Å².